The standard InChI is InChI=1S/C30H32ClF2N7O3/c1-15-14-43-26-18(11-21(33)24-25(26)40(15)28(36-24)30(2,3)42)23-19(31)12-34-29(37-23)35-22-7-6-16(10-20(22)32)27(41)39-9-8-17(13-39)38(4)5/h6-7,10-12,15,17,42H,8-9,13-14H2,1-5H3,(H,34,35,37)/t15-,17-/m0/s1. The molecule has 2 aromatic carbocycles. The molecule has 0 bridgehead atoms. The quantitative estimate of drug-likeness (QED) is 0.309. The smallest absolute Gasteiger partial charge is 0.254 e. The Balaban J connectivity index is 1.33. The van der Waals surface area contributed by atoms with Gasteiger partial charge in [0.05, 0.1) is 28.6 Å². The van der Waals surface area contributed by atoms with E-state index in [4.69, 9.17) is 16.3 Å². The molecule has 2 aromatic heterocycles. The number of nitrogens with one attached hydrogen (secondary N) is 1. The first kappa shape index (κ1) is 29.2. The maximum atomic E-state index is 15.5. The summed E-state index contributed by atoms with van der Waals surface area (Å²) in [6.07, 6.45) is 2.19. The molecular weight excluding hydrogens is 580 g/mol. The summed E-state index contributed by atoms with van der Waals surface area (Å²) in [7, 11) is 3.95. The van der Waals surface area contributed by atoms with Crippen LogP contribution in [0.4, 0.5) is 20.4 Å². The maximum Gasteiger partial charge on any atom is 0.254 e. The predicted molar refractivity (Wildman–Crippen MR) is 159 cm³/mol. The average molecular weight is 612 g/mol. The van der Waals surface area contributed by atoms with E-state index < -0.39 is 17.2 Å². The number of likely N-dealkylation sites (tertiary alicyclic amines) is 1. The average Bonchev–Trinajstić information content (AvgIpc) is 3.61. The summed E-state index contributed by atoms with van der Waals surface area (Å²) < 4.78 is 38.5. The molecule has 10 nitrogen and oxygen atoms in total. The Morgan fingerprint density at radius 1 is 1.21 bits per heavy atom. The van der Waals surface area contributed by atoms with Gasteiger partial charge in [-0.15, -0.1) is 0 Å². The van der Waals surface area contributed by atoms with Crippen molar-refractivity contribution < 1.29 is 23.4 Å². The van der Waals surface area contributed by atoms with E-state index in [2.05, 4.69) is 25.2 Å². The van der Waals surface area contributed by atoms with Crippen LogP contribution in [-0.4, -0.2) is 80.2 Å². The lowest BCUT2D eigenvalue weighted by atomic mass is 10.1. The molecule has 2 N–H and O–H groups in total. The molecule has 2 aliphatic rings. The van der Waals surface area contributed by atoms with Crippen LogP contribution in [-0.2, 0) is 5.60 Å². The number of aromatic nitrogens is 4. The Bertz CT molecular complexity index is 1750. The Morgan fingerprint density at radius 3 is 2.65 bits per heavy atom. The Kier molecular flexibility index (Phi) is 7.26. The number of nitrogens with zero attached hydrogens (tertiary/aromatic N) is 6. The number of anilines is 2. The molecule has 1 fully saturated rings. The van der Waals surface area contributed by atoms with Crippen LogP contribution in [0.25, 0.3) is 22.3 Å². The first-order valence-corrected chi connectivity index (χ1v) is 14.4. The topological polar surface area (TPSA) is 109 Å². The van der Waals surface area contributed by atoms with Crippen molar-refractivity contribution in [3.8, 4) is 17.0 Å². The molecule has 0 saturated carbocycles. The van der Waals surface area contributed by atoms with E-state index in [0.717, 1.165) is 6.42 Å². The fourth-order valence-corrected chi connectivity index (χ4v) is 5.87. The van der Waals surface area contributed by atoms with Crippen LogP contribution in [0.15, 0.2) is 30.5 Å². The lowest BCUT2D eigenvalue weighted by Crippen LogP contribution is -2.34. The Labute approximate surface area is 252 Å². The molecule has 2 aliphatic heterocycles. The van der Waals surface area contributed by atoms with Gasteiger partial charge in [0, 0.05) is 30.3 Å². The van der Waals surface area contributed by atoms with Gasteiger partial charge in [-0.05, 0) is 65.6 Å². The van der Waals surface area contributed by atoms with Crippen LogP contribution in [0.5, 0.6) is 5.75 Å². The first-order valence-electron chi connectivity index (χ1n) is 14.0. The summed E-state index contributed by atoms with van der Waals surface area (Å²) in [5.41, 5.74) is -0.150. The molecule has 1 saturated heterocycles. The van der Waals surface area contributed by atoms with E-state index in [-0.39, 0.29) is 63.6 Å². The maximum absolute atomic E-state index is 15.5. The minimum absolute atomic E-state index is 0.00770. The van der Waals surface area contributed by atoms with Crippen molar-refractivity contribution in [2.45, 2.75) is 44.9 Å². The minimum Gasteiger partial charge on any atom is -0.488 e. The number of amides is 1. The van der Waals surface area contributed by atoms with Gasteiger partial charge in [0.2, 0.25) is 5.95 Å². The summed E-state index contributed by atoms with van der Waals surface area (Å²) >= 11 is 6.50. The van der Waals surface area contributed by atoms with Crippen molar-refractivity contribution in [1.82, 2.24) is 29.3 Å². The van der Waals surface area contributed by atoms with Crippen LogP contribution in [0.2, 0.25) is 5.02 Å². The van der Waals surface area contributed by atoms with Gasteiger partial charge in [0.15, 0.2) is 11.6 Å². The molecule has 43 heavy (non-hydrogen) atoms. The third-order valence-electron chi connectivity index (χ3n) is 7.97. The number of carbonyl (C=O) groups is 1. The summed E-state index contributed by atoms with van der Waals surface area (Å²) in [6, 6.07) is 5.48. The first-order chi connectivity index (χ1) is 20.3. The number of aliphatic hydroxyl groups is 1. The number of ether oxygens (including phenoxy) is 1. The Hall–Kier alpha value is -3.87. The highest BCUT2D eigenvalue weighted by atomic mass is 35.5. The van der Waals surface area contributed by atoms with E-state index >= 15 is 8.78 Å². The van der Waals surface area contributed by atoms with Crippen molar-refractivity contribution in [1.29, 1.82) is 0 Å². The molecule has 0 unspecified atom stereocenters. The van der Waals surface area contributed by atoms with Crippen LogP contribution >= 0.6 is 11.6 Å². The van der Waals surface area contributed by atoms with Crippen LogP contribution in [0.3, 0.4) is 0 Å². The van der Waals surface area contributed by atoms with E-state index in [1.807, 2.05) is 21.0 Å². The van der Waals surface area contributed by atoms with Gasteiger partial charge in [0.1, 0.15) is 34.9 Å². The largest absolute Gasteiger partial charge is 0.488 e. The van der Waals surface area contributed by atoms with E-state index in [1.54, 1.807) is 29.4 Å². The van der Waals surface area contributed by atoms with Gasteiger partial charge in [0.25, 0.3) is 5.91 Å². The molecule has 4 aromatic rings. The van der Waals surface area contributed by atoms with E-state index in [0.29, 0.717) is 30.2 Å². The number of hydrogen-bond acceptors (Lipinski definition) is 8. The molecule has 0 spiro atoms. The van der Waals surface area contributed by atoms with Crippen LogP contribution < -0.4 is 10.1 Å². The number of halogens is 3. The summed E-state index contributed by atoms with van der Waals surface area (Å²) in [5, 5.41) is 13.7. The zero-order valence-electron chi connectivity index (χ0n) is 24.5. The zero-order valence-corrected chi connectivity index (χ0v) is 25.2. The lowest BCUT2D eigenvalue weighted by molar-refractivity contribution is 0.0615. The molecule has 0 radical (unpaired) electrons. The second-order valence-corrected chi connectivity index (χ2v) is 12.2. The van der Waals surface area contributed by atoms with Crippen LogP contribution in [0, 0.1) is 11.6 Å². The molecule has 226 valence electrons. The van der Waals surface area contributed by atoms with Gasteiger partial charge in [-0.2, -0.15) is 0 Å². The lowest BCUT2D eigenvalue weighted by Gasteiger charge is -2.28. The van der Waals surface area contributed by atoms with Gasteiger partial charge in [-0.1, -0.05) is 11.6 Å². The van der Waals surface area contributed by atoms with Crippen molar-refractivity contribution in [3.05, 3.63) is 58.5 Å². The molecule has 1 amide bonds. The van der Waals surface area contributed by atoms with Gasteiger partial charge >= 0.3 is 0 Å². The van der Waals surface area contributed by atoms with E-state index in [9.17, 15) is 9.90 Å². The fourth-order valence-electron chi connectivity index (χ4n) is 5.68. The number of rotatable bonds is 6. The SMILES string of the molecule is C[C@H]1COc2c(-c3nc(Nc4ccc(C(=O)N5CC[C@H](N(C)C)C5)cc4F)ncc3Cl)cc(F)c3nc(C(C)(C)O)n1c23. The number of benzene rings is 2. The minimum atomic E-state index is -1.33. The third-order valence-corrected chi connectivity index (χ3v) is 8.24. The van der Waals surface area contributed by atoms with Crippen LogP contribution in [0.1, 0.15) is 49.4 Å². The van der Waals surface area contributed by atoms with E-state index in [1.165, 1.54) is 24.4 Å². The van der Waals surface area contributed by atoms with Crippen molar-refractivity contribution in [2.75, 3.05) is 39.1 Å². The molecule has 0 aliphatic carbocycles. The number of imidazole rings is 1. The molecule has 6 rings (SSSR count). The second-order valence-electron chi connectivity index (χ2n) is 11.8. The highest BCUT2D eigenvalue weighted by Gasteiger charge is 2.35. The Morgan fingerprint density at radius 2 is 1.98 bits per heavy atom. The van der Waals surface area contributed by atoms with Crippen molar-refractivity contribution >= 4 is 40.2 Å². The summed E-state index contributed by atoms with van der Waals surface area (Å²) in [5.74, 6) is -0.887. The highest BCUT2D eigenvalue weighted by Crippen LogP contribution is 2.45. The van der Waals surface area contributed by atoms with Crippen molar-refractivity contribution in [2.24, 2.45) is 0 Å². The van der Waals surface area contributed by atoms with Gasteiger partial charge in [-0.25, -0.2) is 23.7 Å². The summed E-state index contributed by atoms with van der Waals surface area (Å²) in [4.78, 5) is 29.9. The fraction of sp³-hybridized carbons (Fsp3) is 0.400. The second kappa shape index (κ2) is 10.7. The number of hydrogen-bond donors (Lipinski definition) is 2. The third kappa shape index (κ3) is 5.17. The molecule has 13 heteroatoms. The molecular formula is C30H32ClF2N7O3. The zero-order chi connectivity index (χ0) is 30.8. The number of carbonyl (C=O) groups excluding carboxylic acids is 1. The van der Waals surface area contributed by atoms with Gasteiger partial charge < -0.3 is 29.5 Å². The monoisotopic (exact) mass is 611 g/mol. The van der Waals surface area contributed by atoms with Crippen molar-refractivity contribution in [3.63, 3.8) is 0 Å². The predicted octanol–water partition coefficient (Wildman–Crippen LogP) is 5.13. The molecule has 2 atom stereocenters. The normalized spacial score (nSPS) is 18.4. The summed E-state index contributed by atoms with van der Waals surface area (Å²) in [6.45, 7) is 6.52. The highest BCUT2D eigenvalue weighted by molar-refractivity contribution is 6.33. The van der Waals surface area contributed by atoms with Gasteiger partial charge in [-0.3, -0.25) is 4.79 Å². The molecule has 4 heterocycles. The number of likely N-dealkylation sites (N-methyl/N-ethyl adjacent to an activating group) is 1.